The van der Waals surface area contributed by atoms with Crippen molar-refractivity contribution in [1.29, 1.82) is 0 Å². The van der Waals surface area contributed by atoms with Gasteiger partial charge in [0.1, 0.15) is 0 Å². The highest BCUT2D eigenvalue weighted by Crippen LogP contribution is 2.16. The molecule has 2 aromatic rings. The van der Waals surface area contributed by atoms with Gasteiger partial charge in [-0.2, -0.15) is 4.98 Å². The van der Waals surface area contributed by atoms with Crippen LogP contribution in [0.2, 0.25) is 0 Å². The summed E-state index contributed by atoms with van der Waals surface area (Å²) in [5.74, 6) is 1.30. The number of ether oxygens (including phenoxy) is 1. The minimum absolute atomic E-state index is 0.0359. The van der Waals surface area contributed by atoms with Crippen LogP contribution in [0.25, 0.3) is 0 Å². The van der Waals surface area contributed by atoms with Crippen molar-refractivity contribution >= 4 is 15.9 Å². The molecule has 19 heavy (non-hydrogen) atoms. The summed E-state index contributed by atoms with van der Waals surface area (Å²) < 4.78 is 11.7. The van der Waals surface area contributed by atoms with E-state index in [9.17, 15) is 0 Å². The van der Waals surface area contributed by atoms with Gasteiger partial charge >= 0.3 is 0 Å². The molecule has 1 atom stereocenters. The summed E-state index contributed by atoms with van der Waals surface area (Å²) in [4.78, 5) is 4.42. The van der Waals surface area contributed by atoms with Crippen molar-refractivity contribution in [2.45, 2.75) is 12.5 Å². The van der Waals surface area contributed by atoms with Crippen molar-refractivity contribution in [3.8, 4) is 0 Å². The highest BCUT2D eigenvalue weighted by molar-refractivity contribution is 9.10. The molecule has 0 radical (unpaired) electrons. The summed E-state index contributed by atoms with van der Waals surface area (Å²) in [5.41, 5.74) is 1.14. The van der Waals surface area contributed by atoms with Crippen molar-refractivity contribution < 1.29 is 9.26 Å². The second-order valence-electron chi connectivity index (χ2n) is 4.43. The van der Waals surface area contributed by atoms with Crippen LogP contribution >= 0.6 is 15.9 Å². The summed E-state index contributed by atoms with van der Waals surface area (Å²) in [6.45, 7) is 2.15. The first-order chi connectivity index (χ1) is 9.31. The molecule has 100 valence electrons. The predicted molar refractivity (Wildman–Crippen MR) is 72.8 cm³/mol. The zero-order valence-corrected chi connectivity index (χ0v) is 11.9. The molecular weight excluding hydrogens is 310 g/mol. The Hall–Kier alpha value is -1.24. The fraction of sp³-hybridized carbons (Fsp3) is 0.385. The van der Waals surface area contributed by atoms with E-state index in [1.807, 2.05) is 24.3 Å². The molecule has 5 nitrogen and oxygen atoms in total. The molecule has 1 aliphatic rings. The lowest BCUT2D eigenvalue weighted by molar-refractivity contribution is 0.0734. The quantitative estimate of drug-likeness (QED) is 0.937. The Bertz CT molecular complexity index is 552. The fourth-order valence-corrected chi connectivity index (χ4v) is 2.48. The normalized spacial score (nSPS) is 19.5. The summed E-state index contributed by atoms with van der Waals surface area (Å²) in [6.07, 6.45) is 0.639. The Morgan fingerprint density at radius 1 is 1.42 bits per heavy atom. The van der Waals surface area contributed by atoms with Crippen LogP contribution in [0.4, 0.5) is 0 Å². The van der Waals surface area contributed by atoms with Gasteiger partial charge in [0.05, 0.1) is 25.7 Å². The van der Waals surface area contributed by atoms with Crippen LogP contribution in [-0.2, 0) is 11.2 Å². The van der Waals surface area contributed by atoms with E-state index in [1.54, 1.807) is 0 Å². The molecule has 0 spiro atoms. The summed E-state index contributed by atoms with van der Waals surface area (Å²) >= 11 is 3.45. The largest absolute Gasteiger partial charge is 0.378 e. The van der Waals surface area contributed by atoms with E-state index in [4.69, 9.17) is 9.26 Å². The van der Waals surface area contributed by atoms with E-state index in [2.05, 4.69) is 31.4 Å². The molecule has 1 fully saturated rings. The highest BCUT2D eigenvalue weighted by atomic mass is 79.9. The Morgan fingerprint density at radius 2 is 2.37 bits per heavy atom. The average molecular weight is 324 g/mol. The minimum Gasteiger partial charge on any atom is -0.378 e. The van der Waals surface area contributed by atoms with Crippen molar-refractivity contribution in [1.82, 2.24) is 15.5 Å². The van der Waals surface area contributed by atoms with Crippen LogP contribution in [0.15, 0.2) is 33.3 Å². The number of rotatable bonds is 3. The molecule has 0 unspecified atom stereocenters. The van der Waals surface area contributed by atoms with E-state index < -0.39 is 0 Å². The van der Waals surface area contributed by atoms with Gasteiger partial charge in [0, 0.05) is 11.0 Å². The Kier molecular flexibility index (Phi) is 3.91. The van der Waals surface area contributed by atoms with E-state index >= 15 is 0 Å². The van der Waals surface area contributed by atoms with Gasteiger partial charge in [0.25, 0.3) is 0 Å². The Labute approximate surface area is 119 Å². The molecular formula is C13H14BrN3O2. The number of benzene rings is 1. The summed E-state index contributed by atoms with van der Waals surface area (Å²) in [5, 5.41) is 7.32. The zero-order valence-electron chi connectivity index (χ0n) is 10.3. The first-order valence-corrected chi connectivity index (χ1v) is 6.98. The molecule has 1 aromatic carbocycles. The minimum atomic E-state index is 0.0359. The maximum absolute atomic E-state index is 5.39. The van der Waals surface area contributed by atoms with Gasteiger partial charge in [0.15, 0.2) is 5.82 Å². The topological polar surface area (TPSA) is 60.2 Å². The number of nitrogens with one attached hydrogen (secondary N) is 1. The number of aromatic nitrogens is 2. The maximum atomic E-state index is 5.39. The van der Waals surface area contributed by atoms with Crippen molar-refractivity contribution in [3.63, 3.8) is 0 Å². The van der Waals surface area contributed by atoms with Crippen molar-refractivity contribution in [3.05, 3.63) is 46.0 Å². The van der Waals surface area contributed by atoms with Gasteiger partial charge in [0.2, 0.25) is 5.89 Å². The van der Waals surface area contributed by atoms with E-state index in [1.165, 1.54) is 0 Å². The van der Waals surface area contributed by atoms with Crippen LogP contribution in [-0.4, -0.2) is 29.9 Å². The van der Waals surface area contributed by atoms with Gasteiger partial charge in [-0.05, 0) is 17.7 Å². The number of morpholine rings is 1. The van der Waals surface area contributed by atoms with Gasteiger partial charge < -0.3 is 14.6 Å². The number of hydrogen-bond acceptors (Lipinski definition) is 5. The molecule has 2 heterocycles. The third-order valence-corrected chi connectivity index (χ3v) is 3.45. The second-order valence-corrected chi connectivity index (χ2v) is 5.35. The van der Waals surface area contributed by atoms with Gasteiger partial charge in [-0.3, -0.25) is 0 Å². The van der Waals surface area contributed by atoms with E-state index in [0.717, 1.165) is 23.2 Å². The molecule has 0 amide bonds. The monoisotopic (exact) mass is 323 g/mol. The van der Waals surface area contributed by atoms with Crippen LogP contribution in [0, 0.1) is 0 Å². The Balaban J connectivity index is 1.70. The molecule has 1 N–H and O–H groups in total. The SMILES string of the molecule is Brc1cccc(Cc2nc([C@H]3COCCN3)no2)c1. The fourth-order valence-electron chi connectivity index (χ4n) is 2.03. The number of hydrogen-bond donors (Lipinski definition) is 1. The Morgan fingerprint density at radius 3 is 3.16 bits per heavy atom. The lowest BCUT2D eigenvalue weighted by Crippen LogP contribution is -2.35. The molecule has 0 saturated carbocycles. The first-order valence-electron chi connectivity index (χ1n) is 6.19. The second kappa shape index (κ2) is 5.81. The molecule has 1 aromatic heterocycles. The van der Waals surface area contributed by atoms with E-state index in [0.29, 0.717) is 24.7 Å². The molecule has 3 rings (SSSR count). The lowest BCUT2D eigenvalue weighted by atomic mass is 10.1. The third-order valence-electron chi connectivity index (χ3n) is 2.96. The third kappa shape index (κ3) is 3.20. The molecule has 6 heteroatoms. The van der Waals surface area contributed by atoms with Gasteiger partial charge in [-0.1, -0.05) is 33.2 Å². The number of nitrogens with zero attached hydrogens (tertiary/aromatic N) is 2. The van der Waals surface area contributed by atoms with Crippen LogP contribution in [0.3, 0.4) is 0 Å². The molecule has 0 bridgehead atoms. The van der Waals surface area contributed by atoms with Gasteiger partial charge in [-0.15, -0.1) is 0 Å². The predicted octanol–water partition coefficient (Wildman–Crippen LogP) is 2.08. The van der Waals surface area contributed by atoms with Crippen LogP contribution in [0.1, 0.15) is 23.3 Å². The first kappa shape index (κ1) is 12.8. The standard InChI is InChI=1S/C13H14BrN3O2/c14-10-3-1-2-9(6-10)7-12-16-13(17-19-12)11-8-18-5-4-15-11/h1-3,6,11,15H,4-5,7-8H2/t11-/m1/s1. The highest BCUT2D eigenvalue weighted by Gasteiger charge is 2.20. The van der Waals surface area contributed by atoms with Crippen molar-refractivity contribution in [2.24, 2.45) is 0 Å². The summed E-state index contributed by atoms with van der Waals surface area (Å²) in [6, 6.07) is 8.11. The lowest BCUT2D eigenvalue weighted by Gasteiger charge is -2.20. The smallest absolute Gasteiger partial charge is 0.231 e. The van der Waals surface area contributed by atoms with Gasteiger partial charge in [-0.25, -0.2) is 0 Å². The molecule has 1 saturated heterocycles. The van der Waals surface area contributed by atoms with Crippen molar-refractivity contribution in [2.75, 3.05) is 19.8 Å². The molecule has 0 aliphatic carbocycles. The van der Waals surface area contributed by atoms with Crippen LogP contribution < -0.4 is 5.32 Å². The van der Waals surface area contributed by atoms with Crippen LogP contribution in [0.5, 0.6) is 0 Å². The maximum Gasteiger partial charge on any atom is 0.231 e. The molecule has 1 aliphatic heterocycles. The average Bonchev–Trinajstić information content (AvgIpc) is 2.88. The van der Waals surface area contributed by atoms with E-state index in [-0.39, 0.29) is 6.04 Å². The zero-order chi connectivity index (χ0) is 13.1. The summed E-state index contributed by atoms with van der Waals surface area (Å²) in [7, 11) is 0. The number of halogens is 1.